The highest BCUT2D eigenvalue weighted by atomic mass is 32.2. The van der Waals surface area contributed by atoms with Crippen LogP contribution in [0.1, 0.15) is 13.8 Å². The van der Waals surface area contributed by atoms with Crippen LogP contribution in [-0.2, 0) is 15.0 Å². The van der Waals surface area contributed by atoms with E-state index in [4.69, 9.17) is 10.8 Å². The number of nitrogens with two attached hydrogens (primary N) is 1. The molecule has 0 aromatic heterocycles. The van der Waals surface area contributed by atoms with Gasteiger partial charge in [-0.15, -0.1) is 0 Å². The number of carbonyl (C=O) groups is 1. The SMILES string of the molecule is CC(C)NS(=O)(=O)N(CC(=O)O)c1ccccc1N. The fourth-order valence-corrected chi connectivity index (χ4v) is 2.93. The maximum absolute atomic E-state index is 12.1. The van der Waals surface area contributed by atoms with Crippen LogP contribution in [0.15, 0.2) is 24.3 Å². The summed E-state index contributed by atoms with van der Waals surface area (Å²) in [7, 11) is -3.97. The minimum Gasteiger partial charge on any atom is -0.480 e. The van der Waals surface area contributed by atoms with E-state index in [1.54, 1.807) is 26.0 Å². The maximum Gasteiger partial charge on any atom is 0.324 e. The van der Waals surface area contributed by atoms with Gasteiger partial charge < -0.3 is 10.8 Å². The molecule has 1 aromatic carbocycles. The van der Waals surface area contributed by atoms with Crippen LogP contribution < -0.4 is 14.8 Å². The molecule has 0 radical (unpaired) electrons. The smallest absolute Gasteiger partial charge is 0.324 e. The highest BCUT2D eigenvalue weighted by Crippen LogP contribution is 2.24. The van der Waals surface area contributed by atoms with Crippen LogP contribution in [-0.4, -0.2) is 32.1 Å². The molecule has 0 aliphatic rings. The number of carboxylic acids is 1. The monoisotopic (exact) mass is 287 g/mol. The number of anilines is 2. The Morgan fingerprint density at radius 2 is 2.00 bits per heavy atom. The quantitative estimate of drug-likeness (QED) is 0.656. The lowest BCUT2D eigenvalue weighted by atomic mass is 10.3. The second-order valence-electron chi connectivity index (χ2n) is 4.24. The minimum atomic E-state index is -3.97. The second kappa shape index (κ2) is 5.89. The van der Waals surface area contributed by atoms with Crippen molar-refractivity contribution in [1.82, 2.24) is 4.72 Å². The van der Waals surface area contributed by atoms with E-state index < -0.39 is 22.7 Å². The van der Waals surface area contributed by atoms with Crippen LogP contribution in [0.25, 0.3) is 0 Å². The Balaban J connectivity index is 3.23. The van der Waals surface area contributed by atoms with Gasteiger partial charge in [0, 0.05) is 6.04 Å². The number of aliphatic carboxylic acids is 1. The molecule has 0 spiro atoms. The topological polar surface area (TPSA) is 113 Å². The van der Waals surface area contributed by atoms with Crippen LogP contribution in [0.5, 0.6) is 0 Å². The lowest BCUT2D eigenvalue weighted by molar-refractivity contribution is -0.135. The maximum atomic E-state index is 12.1. The zero-order valence-corrected chi connectivity index (χ0v) is 11.5. The zero-order valence-electron chi connectivity index (χ0n) is 10.7. The molecule has 0 unspecified atom stereocenters. The van der Waals surface area contributed by atoms with Crippen molar-refractivity contribution < 1.29 is 18.3 Å². The fraction of sp³-hybridized carbons (Fsp3) is 0.364. The molecular formula is C11H17N3O4S. The van der Waals surface area contributed by atoms with E-state index in [0.717, 1.165) is 4.31 Å². The van der Waals surface area contributed by atoms with Crippen molar-refractivity contribution >= 4 is 27.6 Å². The van der Waals surface area contributed by atoms with E-state index in [2.05, 4.69) is 4.72 Å². The molecule has 0 atom stereocenters. The summed E-state index contributed by atoms with van der Waals surface area (Å²) in [4.78, 5) is 10.9. The van der Waals surface area contributed by atoms with Crippen molar-refractivity contribution in [3.8, 4) is 0 Å². The van der Waals surface area contributed by atoms with Crippen molar-refractivity contribution in [2.75, 3.05) is 16.6 Å². The zero-order chi connectivity index (χ0) is 14.6. The lowest BCUT2D eigenvalue weighted by Gasteiger charge is -2.25. The highest BCUT2D eigenvalue weighted by molar-refractivity contribution is 7.91. The molecule has 0 aliphatic heterocycles. The number of para-hydroxylation sites is 2. The Labute approximate surface area is 112 Å². The first-order valence-corrected chi connectivity index (χ1v) is 7.04. The summed E-state index contributed by atoms with van der Waals surface area (Å²) < 4.78 is 27.3. The van der Waals surface area contributed by atoms with E-state index in [-0.39, 0.29) is 17.4 Å². The molecule has 1 rings (SSSR count). The number of nitrogen functional groups attached to an aromatic ring is 1. The Morgan fingerprint density at radius 3 is 2.47 bits per heavy atom. The summed E-state index contributed by atoms with van der Waals surface area (Å²) in [5.74, 6) is -1.27. The molecule has 106 valence electrons. The van der Waals surface area contributed by atoms with Crippen LogP contribution in [0.3, 0.4) is 0 Å². The van der Waals surface area contributed by atoms with Crippen molar-refractivity contribution in [2.45, 2.75) is 19.9 Å². The largest absolute Gasteiger partial charge is 0.480 e. The van der Waals surface area contributed by atoms with Crippen molar-refractivity contribution in [2.24, 2.45) is 0 Å². The molecule has 7 nitrogen and oxygen atoms in total. The molecule has 0 aliphatic carbocycles. The predicted molar refractivity (Wildman–Crippen MR) is 73.0 cm³/mol. The molecule has 1 aromatic rings. The number of hydrogen-bond donors (Lipinski definition) is 3. The number of nitrogens with one attached hydrogen (secondary N) is 1. The van der Waals surface area contributed by atoms with E-state index >= 15 is 0 Å². The van der Waals surface area contributed by atoms with E-state index in [9.17, 15) is 13.2 Å². The third-order valence-electron chi connectivity index (χ3n) is 2.16. The van der Waals surface area contributed by atoms with Crippen LogP contribution in [0, 0.1) is 0 Å². The van der Waals surface area contributed by atoms with E-state index in [1.165, 1.54) is 12.1 Å². The summed E-state index contributed by atoms with van der Waals surface area (Å²) >= 11 is 0. The summed E-state index contributed by atoms with van der Waals surface area (Å²) in [5, 5.41) is 8.86. The molecule has 0 saturated heterocycles. The Bertz CT molecular complexity index is 557. The Hall–Kier alpha value is -1.80. The number of carboxylic acid groups (broad SMARTS) is 1. The summed E-state index contributed by atoms with van der Waals surface area (Å²) in [5.41, 5.74) is 6.03. The molecule has 0 bridgehead atoms. The molecule has 8 heteroatoms. The number of nitrogens with zero attached hydrogens (tertiary/aromatic N) is 1. The standard InChI is InChI=1S/C11H17N3O4S/c1-8(2)13-19(17,18)14(7-11(15)16)10-6-4-3-5-9(10)12/h3-6,8,13H,7,12H2,1-2H3,(H,15,16). The number of benzene rings is 1. The Kier molecular flexibility index (Phi) is 4.73. The van der Waals surface area contributed by atoms with Gasteiger partial charge in [-0.2, -0.15) is 13.1 Å². The molecule has 0 saturated carbocycles. The van der Waals surface area contributed by atoms with Gasteiger partial charge in [0.1, 0.15) is 6.54 Å². The van der Waals surface area contributed by atoms with Gasteiger partial charge >= 0.3 is 16.2 Å². The normalized spacial score (nSPS) is 11.5. The first-order valence-electron chi connectivity index (χ1n) is 5.60. The van der Waals surface area contributed by atoms with Crippen molar-refractivity contribution in [1.29, 1.82) is 0 Å². The van der Waals surface area contributed by atoms with Crippen LogP contribution in [0.2, 0.25) is 0 Å². The molecule has 4 N–H and O–H groups in total. The summed E-state index contributed by atoms with van der Waals surface area (Å²) in [6.07, 6.45) is 0. The number of rotatable bonds is 6. The fourth-order valence-electron chi connectivity index (χ4n) is 1.50. The first kappa shape index (κ1) is 15.3. The van der Waals surface area contributed by atoms with Gasteiger partial charge in [-0.05, 0) is 26.0 Å². The van der Waals surface area contributed by atoms with Crippen LogP contribution in [0.4, 0.5) is 11.4 Å². The third kappa shape index (κ3) is 4.11. The van der Waals surface area contributed by atoms with E-state index in [0.29, 0.717) is 0 Å². The first-order chi connectivity index (χ1) is 8.74. The molecule has 19 heavy (non-hydrogen) atoms. The van der Waals surface area contributed by atoms with Gasteiger partial charge in [-0.1, -0.05) is 12.1 Å². The third-order valence-corrected chi connectivity index (χ3v) is 3.83. The molecule has 0 fully saturated rings. The lowest BCUT2D eigenvalue weighted by Crippen LogP contribution is -2.46. The summed E-state index contributed by atoms with van der Waals surface area (Å²) in [6, 6.07) is 5.84. The van der Waals surface area contributed by atoms with Gasteiger partial charge in [0.15, 0.2) is 0 Å². The molecule has 0 amide bonds. The summed E-state index contributed by atoms with van der Waals surface area (Å²) in [6.45, 7) is 2.59. The van der Waals surface area contributed by atoms with Gasteiger partial charge in [-0.25, -0.2) is 4.31 Å². The predicted octanol–water partition coefficient (Wildman–Crippen LogP) is 0.403. The average molecular weight is 287 g/mol. The average Bonchev–Trinajstić information content (AvgIpc) is 2.25. The minimum absolute atomic E-state index is 0.137. The highest BCUT2D eigenvalue weighted by Gasteiger charge is 2.26. The van der Waals surface area contributed by atoms with Gasteiger partial charge in [-0.3, -0.25) is 4.79 Å². The van der Waals surface area contributed by atoms with Crippen LogP contribution >= 0.6 is 0 Å². The van der Waals surface area contributed by atoms with Crippen molar-refractivity contribution in [3.05, 3.63) is 24.3 Å². The van der Waals surface area contributed by atoms with Gasteiger partial charge in [0.2, 0.25) is 0 Å². The Morgan fingerprint density at radius 1 is 1.42 bits per heavy atom. The van der Waals surface area contributed by atoms with Gasteiger partial charge in [0.25, 0.3) is 0 Å². The van der Waals surface area contributed by atoms with Crippen molar-refractivity contribution in [3.63, 3.8) is 0 Å². The molecular weight excluding hydrogens is 270 g/mol. The number of hydrogen-bond acceptors (Lipinski definition) is 4. The van der Waals surface area contributed by atoms with E-state index in [1.807, 2.05) is 0 Å². The van der Waals surface area contributed by atoms with Gasteiger partial charge in [0.05, 0.1) is 11.4 Å². The second-order valence-corrected chi connectivity index (χ2v) is 5.86. The molecule has 0 heterocycles.